The third-order valence-electron chi connectivity index (χ3n) is 8.38. The molecule has 1 aliphatic heterocycles. The molecule has 0 bridgehead atoms. The SMILES string of the molecule is CCCCC(CC)[CH2][Ge]1([CH2]C(CC)CCCC)[c]2cc(S(C)(C)C)sc2-c2s[c]([Sn]([CH3])([CH3])[CH3])c[c]21. The van der Waals surface area contributed by atoms with E-state index in [-0.39, 0.29) is 0 Å². The summed E-state index contributed by atoms with van der Waals surface area (Å²) in [7, 11) is -0.685. The molecule has 0 spiro atoms. The Hall–Kier alpha value is 1.09. The van der Waals surface area contributed by atoms with Crippen molar-refractivity contribution >= 4 is 76.0 Å². The van der Waals surface area contributed by atoms with E-state index < -0.39 is 41.7 Å². The van der Waals surface area contributed by atoms with E-state index >= 15 is 0 Å². The van der Waals surface area contributed by atoms with Gasteiger partial charge in [0.2, 0.25) is 0 Å². The van der Waals surface area contributed by atoms with Crippen LogP contribution in [0.1, 0.15) is 79.1 Å². The van der Waals surface area contributed by atoms with E-state index in [4.69, 9.17) is 0 Å². The first kappa shape index (κ1) is 30.6. The van der Waals surface area contributed by atoms with E-state index in [0.717, 1.165) is 11.8 Å². The fourth-order valence-corrected chi connectivity index (χ4v) is 32.7. The van der Waals surface area contributed by atoms with Gasteiger partial charge in [0.15, 0.2) is 0 Å². The van der Waals surface area contributed by atoms with Crippen LogP contribution in [0, 0.1) is 11.8 Å². The Morgan fingerprint density at radius 3 is 1.69 bits per heavy atom. The molecule has 0 fully saturated rings. The minimum absolute atomic E-state index is 0.685. The second kappa shape index (κ2) is 12.5. The van der Waals surface area contributed by atoms with Crippen molar-refractivity contribution in [1.29, 1.82) is 0 Å². The molecule has 0 saturated carbocycles. The van der Waals surface area contributed by atoms with Crippen molar-refractivity contribution in [2.45, 2.75) is 109 Å². The second-order valence-corrected chi connectivity index (χ2v) is 43.5. The number of unbranched alkanes of at least 4 members (excludes halogenated alkanes) is 2. The van der Waals surface area contributed by atoms with Gasteiger partial charge in [0.05, 0.1) is 0 Å². The molecular weight excluding hydrogens is 648 g/mol. The second-order valence-electron chi connectivity index (χ2n) is 13.1. The van der Waals surface area contributed by atoms with Crippen LogP contribution < -0.4 is 11.7 Å². The third kappa shape index (κ3) is 6.81. The first-order valence-corrected chi connectivity index (χ1v) is 33.9. The molecular formula is C30H54GeS3Sn. The van der Waals surface area contributed by atoms with E-state index in [9.17, 15) is 0 Å². The van der Waals surface area contributed by atoms with Crippen LogP contribution in [-0.4, -0.2) is 50.4 Å². The number of thiophene rings is 2. The van der Waals surface area contributed by atoms with E-state index in [0.29, 0.717) is 0 Å². The molecule has 0 N–H and O–H groups in total. The molecule has 0 aliphatic carbocycles. The summed E-state index contributed by atoms with van der Waals surface area (Å²) in [6.45, 7) is 9.74. The van der Waals surface area contributed by atoms with Crippen LogP contribution in [0.25, 0.3) is 9.75 Å². The molecule has 0 radical (unpaired) electrons. The van der Waals surface area contributed by atoms with Gasteiger partial charge in [0, 0.05) is 0 Å². The Balaban J connectivity index is 2.23. The van der Waals surface area contributed by atoms with Gasteiger partial charge < -0.3 is 0 Å². The Kier molecular flexibility index (Phi) is 11.0. The van der Waals surface area contributed by atoms with Crippen LogP contribution in [0.2, 0.25) is 25.3 Å². The topological polar surface area (TPSA) is 0 Å². The van der Waals surface area contributed by atoms with Crippen molar-refractivity contribution < 1.29 is 0 Å². The molecule has 3 rings (SSSR count). The molecule has 2 unspecified atom stereocenters. The van der Waals surface area contributed by atoms with Gasteiger partial charge in [-0.05, 0) is 0 Å². The van der Waals surface area contributed by atoms with Crippen molar-refractivity contribution in [3.63, 3.8) is 0 Å². The molecule has 1 aliphatic rings. The predicted molar refractivity (Wildman–Crippen MR) is 175 cm³/mol. The summed E-state index contributed by atoms with van der Waals surface area (Å²) in [6, 6.07) is 5.66. The molecule has 2 aromatic rings. The molecule has 35 heavy (non-hydrogen) atoms. The monoisotopic (exact) mass is 704 g/mol. The van der Waals surface area contributed by atoms with E-state index in [1.807, 2.05) is 11.7 Å². The van der Waals surface area contributed by atoms with Gasteiger partial charge in [-0.15, -0.1) is 0 Å². The van der Waals surface area contributed by atoms with Crippen LogP contribution in [-0.2, 0) is 0 Å². The van der Waals surface area contributed by atoms with Crippen LogP contribution >= 0.6 is 32.7 Å². The van der Waals surface area contributed by atoms with E-state index in [2.05, 4.69) is 96.1 Å². The van der Waals surface area contributed by atoms with Crippen molar-refractivity contribution in [2.24, 2.45) is 11.8 Å². The summed E-state index contributed by atoms with van der Waals surface area (Å²) in [5, 5.41) is 3.12. The van der Waals surface area contributed by atoms with Gasteiger partial charge in [-0.2, -0.15) is 0 Å². The first-order valence-electron chi connectivity index (χ1n) is 14.4. The quantitative estimate of drug-likeness (QED) is 0.172. The third-order valence-corrected chi connectivity index (χ3v) is 35.2. The summed E-state index contributed by atoms with van der Waals surface area (Å²) in [6.07, 6.45) is 18.7. The minimum atomic E-state index is -2.50. The van der Waals surface area contributed by atoms with Crippen molar-refractivity contribution in [1.82, 2.24) is 0 Å². The van der Waals surface area contributed by atoms with Gasteiger partial charge in [-0.3, -0.25) is 0 Å². The maximum absolute atomic E-state index is 2.85. The first-order chi connectivity index (χ1) is 16.4. The van der Waals surface area contributed by atoms with Gasteiger partial charge in [0.1, 0.15) is 0 Å². The number of fused-ring (bicyclic) bond motifs is 3. The van der Waals surface area contributed by atoms with Crippen molar-refractivity contribution in [3.05, 3.63) is 12.1 Å². The van der Waals surface area contributed by atoms with Gasteiger partial charge in [0.25, 0.3) is 0 Å². The predicted octanol–water partition coefficient (Wildman–Crippen LogP) is 9.38. The van der Waals surface area contributed by atoms with Gasteiger partial charge in [-0.1, -0.05) is 0 Å². The van der Waals surface area contributed by atoms with Crippen molar-refractivity contribution in [3.8, 4) is 9.75 Å². The summed E-state index contributed by atoms with van der Waals surface area (Å²) >= 11 is -0.142. The molecule has 2 aromatic heterocycles. The van der Waals surface area contributed by atoms with Gasteiger partial charge >= 0.3 is 237 Å². The molecule has 2 atom stereocenters. The maximum atomic E-state index is 2.85. The summed E-state index contributed by atoms with van der Waals surface area (Å²) in [5.74, 6) is 1.84. The zero-order valence-corrected chi connectivity index (χ0v) is 32.0. The van der Waals surface area contributed by atoms with Crippen LogP contribution in [0.3, 0.4) is 0 Å². The average molecular weight is 702 g/mol. The number of hydrogen-bond donors (Lipinski definition) is 0. The number of rotatable bonds is 14. The Morgan fingerprint density at radius 2 is 1.26 bits per heavy atom. The van der Waals surface area contributed by atoms with Crippen LogP contribution in [0.5, 0.6) is 0 Å². The average Bonchev–Trinajstić information content (AvgIpc) is 3.47. The standard InChI is InChI=1S/C27H45GeS3.3CH3.Sn/c1-8-12-14-21(10-3)19-28(20-22(11-4)15-13-9-2)23-16-17-29-26(23)27-24(28)18-25(30-27)31(5,6)7;;;;/h16,18,21-22H,8-15,19-20H2,1-7H3;3*1H3;. The Morgan fingerprint density at radius 1 is 0.771 bits per heavy atom. The summed E-state index contributed by atoms with van der Waals surface area (Å²) < 4.78 is 7.46. The molecule has 0 aromatic carbocycles. The molecule has 200 valence electrons. The fraction of sp³-hybridized carbons (Fsp3) is 0.733. The Bertz CT molecular complexity index is 881. The van der Waals surface area contributed by atoms with E-state index in [1.54, 1.807) is 24.5 Å². The molecule has 0 saturated heterocycles. The van der Waals surface area contributed by atoms with Crippen molar-refractivity contribution in [2.75, 3.05) is 18.8 Å². The molecule has 0 amide bonds. The van der Waals surface area contributed by atoms with Crippen LogP contribution in [0.4, 0.5) is 0 Å². The molecule has 5 heteroatoms. The van der Waals surface area contributed by atoms with Gasteiger partial charge in [-0.25, -0.2) is 0 Å². The fourth-order valence-electron chi connectivity index (χ4n) is 6.02. The van der Waals surface area contributed by atoms with Crippen LogP contribution in [0.15, 0.2) is 16.3 Å². The summed E-state index contributed by atoms with van der Waals surface area (Å²) in [5.41, 5.74) is 0. The molecule has 3 heterocycles. The zero-order valence-electron chi connectivity index (χ0n) is 24.6. The Labute approximate surface area is 235 Å². The normalized spacial score (nSPS) is 20.1. The molecule has 0 nitrogen and oxygen atoms in total. The van der Waals surface area contributed by atoms with E-state index in [1.165, 1.54) is 51.4 Å². The summed E-state index contributed by atoms with van der Waals surface area (Å²) in [4.78, 5) is 11.4. The number of hydrogen-bond acceptors (Lipinski definition) is 2. The zero-order chi connectivity index (χ0) is 26.0.